The third-order valence-corrected chi connectivity index (χ3v) is 8.56. The third-order valence-electron chi connectivity index (χ3n) is 6.36. The predicted molar refractivity (Wildman–Crippen MR) is 144 cm³/mol. The van der Waals surface area contributed by atoms with Crippen LogP contribution in [0.2, 0.25) is 5.02 Å². The average molecular weight is 541 g/mol. The fourth-order valence-corrected chi connectivity index (χ4v) is 5.96. The van der Waals surface area contributed by atoms with Crippen molar-refractivity contribution in [3.05, 3.63) is 89.2 Å². The second-order valence-corrected chi connectivity index (χ2v) is 11.4. The number of rotatable bonds is 5. The zero-order valence-corrected chi connectivity index (χ0v) is 21.7. The number of carbonyl (C=O) groups excluding carboxylic acids is 1. The summed E-state index contributed by atoms with van der Waals surface area (Å²) in [4.78, 5) is 15.2. The van der Waals surface area contributed by atoms with Gasteiger partial charge in [-0.05, 0) is 83.3 Å². The van der Waals surface area contributed by atoms with Crippen LogP contribution in [0.4, 0.5) is 10.1 Å². The first-order valence-electron chi connectivity index (χ1n) is 11.2. The van der Waals surface area contributed by atoms with E-state index in [1.54, 1.807) is 36.4 Å². The third kappa shape index (κ3) is 4.74. The molecule has 0 radical (unpaired) electrons. The molecule has 36 heavy (non-hydrogen) atoms. The van der Waals surface area contributed by atoms with E-state index >= 15 is 4.39 Å². The maximum absolute atomic E-state index is 15.1. The normalized spacial score (nSPS) is 16.2. The highest BCUT2D eigenvalue weighted by molar-refractivity contribution is 7.89. The SMILES string of the molecule is Cc1cc(-c2ccc(N3CC[C@H](NS(=O)(=O)c4ccc5cc(Cl)ccc5c4)C3=O)c(F)c2)ccc1S. The number of fused-ring (bicyclic) bond motifs is 1. The molecule has 0 saturated carbocycles. The van der Waals surface area contributed by atoms with Gasteiger partial charge in [-0.25, -0.2) is 12.8 Å². The molecule has 5 rings (SSSR count). The molecule has 1 N–H and O–H groups in total. The first-order chi connectivity index (χ1) is 17.1. The highest BCUT2D eigenvalue weighted by atomic mass is 35.5. The van der Waals surface area contributed by atoms with Crippen LogP contribution in [0.1, 0.15) is 12.0 Å². The summed E-state index contributed by atoms with van der Waals surface area (Å²) in [5.41, 5.74) is 2.61. The Morgan fingerprint density at radius 2 is 1.67 bits per heavy atom. The molecule has 1 atom stereocenters. The van der Waals surface area contributed by atoms with Gasteiger partial charge >= 0.3 is 0 Å². The first-order valence-corrected chi connectivity index (χ1v) is 13.6. The van der Waals surface area contributed by atoms with E-state index in [0.717, 1.165) is 21.4 Å². The molecule has 9 heteroatoms. The van der Waals surface area contributed by atoms with E-state index in [0.29, 0.717) is 16.0 Å². The molecule has 0 bridgehead atoms. The number of nitrogens with one attached hydrogen (secondary N) is 1. The summed E-state index contributed by atoms with van der Waals surface area (Å²) in [6.45, 7) is 2.13. The molecular formula is C27H22ClFN2O3S2. The standard InChI is InChI=1S/C27H22ClFN2O3S2/c1-16-12-17(5-9-26(16)35)20-4-8-25(23(29)15-20)31-11-10-24(27(31)32)30-36(33,34)22-7-3-18-13-21(28)6-2-19(18)14-22/h2-9,12-15,24,30,35H,10-11H2,1H3/t24-/m0/s1. The van der Waals surface area contributed by atoms with Crippen molar-refractivity contribution in [1.82, 2.24) is 4.72 Å². The smallest absolute Gasteiger partial charge is 0.245 e. The summed E-state index contributed by atoms with van der Waals surface area (Å²) < 4.78 is 43.6. The predicted octanol–water partition coefficient (Wildman–Crippen LogP) is 5.98. The van der Waals surface area contributed by atoms with Crippen LogP contribution in [0.25, 0.3) is 21.9 Å². The van der Waals surface area contributed by atoms with Gasteiger partial charge in [-0.2, -0.15) is 4.72 Å². The number of amides is 1. The van der Waals surface area contributed by atoms with Crippen LogP contribution >= 0.6 is 24.2 Å². The van der Waals surface area contributed by atoms with Gasteiger partial charge in [0.2, 0.25) is 15.9 Å². The number of hydrogen-bond acceptors (Lipinski definition) is 4. The van der Waals surface area contributed by atoms with E-state index in [4.69, 9.17) is 11.6 Å². The van der Waals surface area contributed by atoms with Crippen LogP contribution in [0, 0.1) is 12.7 Å². The van der Waals surface area contributed by atoms with Gasteiger partial charge in [-0.1, -0.05) is 41.9 Å². The minimum absolute atomic E-state index is 0.0432. The maximum atomic E-state index is 15.1. The van der Waals surface area contributed by atoms with Crippen molar-refractivity contribution in [1.29, 1.82) is 0 Å². The summed E-state index contributed by atoms with van der Waals surface area (Å²) in [6.07, 6.45) is 0.227. The molecule has 1 aliphatic heterocycles. The van der Waals surface area contributed by atoms with Gasteiger partial charge in [-0.15, -0.1) is 12.6 Å². The van der Waals surface area contributed by atoms with E-state index in [1.165, 1.54) is 23.1 Å². The molecule has 0 unspecified atom stereocenters. The largest absolute Gasteiger partial charge is 0.308 e. The molecule has 1 saturated heterocycles. The summed E-state index contributed by atoms with van der Waals surface area (Å²) >= 11 is 10.4. The van der Waals surface area contributed by atoms with Crippen LogP contribution < -0.4 is 9.62 Å². The van der Waals surface area contributed by atoms with Crippen molar-refractivity contribution in [2.75, 3.05) is 11.4 Å². The monoisotopic (exact) mass is 540 g/mol. The van der Waals surface area contributed by atoms with Crippen LogP contribution in [0.15, 0.2) is 82.6 Å². The van der Waals surface area contributed by atoms with Crippen LogP contribution in [-0.2, 0) is 14.8 Å². The summed E-state index contributed by atoms with van der Waals surface area (Å²) in [7, 11) is -3.97. The van der Waals surface area contributed by atoms with Gasteiger partial charge in [0.1, 0.15) is 11.9 Å². The fourth-order valence-electron chi connectivity index (χ4n) is 4.39. The summed E-state index contributed by atoms with van der Waals surface area (Å²) in [6, 6.07) is 19.2. The fraction of sp³-hybridized carbons (Fsp3) is 0.148. The van der Waals surface area contributed by atoms with Crippen LogP contribution in [-0.4, -0.2) is 26.9 Å². The van der Waals surface area contributed by atoms with E-state index in [9.17, 15) is 13.2 Å². The van der Waals surface area contributed by atoms with Crippen molar-refractivity contribution < 1.29 is 17.6 Å². The number of hydrogen-bond donors (Lipinski definition) is 2. The minimum Gasteiger partial charge on any atom is -0.308 e. The molecule has 0 spiro atoms. The molecule has 1 aliphatic rings. The van der Waals surface area contributed by atoms with Crippen LogP contribution in [0.3, 0.4) is 0 Å². The molecule has 4 aromatic carbocycles. The van der Waals surface area contributed by atoms with Gasteiger partial charge in [-0.3, -0.25) is 4.79 Å². The summed E-state index contributed by atoms with van der Waals surface area (Å²) in [5.74, 6) is -1.04. The maximum Gasteiger partial charge on any atom is 0.245 e. The Hall–Kier alpha value is -2.91. The lowest BCUT2D eigenvalue weighted by atomic mass is 10.0. The van der Waals surface area contributed by atoms with Gasteiger partial charge in [0.15, 0.2) is 0 Å². The van der Waals surface area contributed by atoms with E-state index in [1.807, 2.05) is 25.1 Å². The molecule has 184 valence electrons. The van der Waals surface area contributed by atoms with Crippen molar-refractivity contribution in [3.8, 4) is 11.1 Å². The number of sulfonamides is 1. The molecule has 1 heterocycles. The Morgan fingerprint density at radius 3 is 2.42 bits per heavy atom. The molecule has 5 nitrogen and oxygen atoms in total. The number of halogens is 2. The Morgan fingerprint density at radius 1 is 0.972 bits per heavy atom. The zero-order chi connectivity index (χ0) is 25.6. The second kappa shape index (κ2) is 9.52. The van der Waals surface area contributed by atoms with Crippen molar-refractivity contribution in [3.63, 3.8) is 0 Å². The van der Waals surface area contributed by atoms with E-state index < -0.39 is 27.8 Å². The number of aryl methyl sites for hydroxylation is 1. The molecule has 1 amide bonds. The molecule has 1 fully saturated rings. The quantitative estimate of drug-likeness (QED) is 0.306. The van der Waals surface area contributed by atoms with Gasteiger partial charge in [0, 0.05) is 16.5 Å². The Bertz CT molecular complexity index is 1630. The average Bonchev–Trinajstić information content (AvgIpc) is 3.19. The highest BCUT2D eigenvalue weighted by Crippen LogP contribution is 2.31. The lowest BCUT2D eigenvalue weighted by Gasteiger charge is -2.19. The Labute approximate surface area is 219 Å². The molecular weight excluding hydrogens is 519 g/mol. The summed E-state index contributed by atoms with van der Waals surface area (Å²) in [5, 5.41) is 2.07. The number of nitrogens with zero attached hydrogens (tertiary/aromatic N) is 1. The number of carbonyl (C=O) groups is 1. The van der Waals surface area contributed by atoms with Crippen molar-refractivity contribution in [2.24, 2.45) is 0 Å². The van der Waals surface area contributed by atoms with Crippen molar-refractivity contribution in [2.45, 2.75) is 29.2 Å². The number of anilines is 1. The second-order valence-electron chi connectivity index (χ2n) is 8.77. The van der Waals surface area contributed by atoms with Crippen molar-refractivity contribution >= 4 is 56.6 Å². The number of benzene rings is 4. The highest BCUT2D eigenvalue weighted by Gasteiger charge is 2.36. The molecule has 4 aromatic rings. The topological polar surface area (TPSA) is 66.5 Å². The first kappa shape index (κ1) is 24.8. The van der Waals surface area contributed by atoms with E-state index in [2.05, 4.69) is 17.4 Å². The van der Waals surface area contributed by atoms with Gasteiger partial charge in [0.05, 0.1) is 10.6 Å². The Balaban J connectivity index is 1.35. The van der Waals surface area contributed by atoms with E-state index in [-0.39, 0.29) is 23.5 Å². The van der Waals surface area contributed by atoms with Gasteiger partial charge < -0.3 is 4.90 Å². The lowest BCUT2D eigenvalue weighted by Crippen LogP contribution is -2.41. The molecule has 0 aliphatic carbocycles. The number of thiol groups is 1. The Kier molecular flexibility index (Phi) is 6.55. The minimum atomic E-state index is -3.97. The molecule has 0 aromatic heterocycles. The lowest BCUT2D eigenvalue weighted by molar-refractivity contribution is -0.118. The zero-order valence-electron chi connectivity index (χ0n) is 19.2. The van der Waals surface area contributed by atoms with Crippen LogP contribution in [0.5, 0.6) is 0 Å². The van der Waals surface area contributed by atoms with Gasteiger partial charge in [0.25, 0.3) is 0 Å².